The molecule has 3 rings (SSSR count). The van der Waals surface area contributed by atoms with Crippen LogP contribution in [0.1, 0.15) is 17.8 Å². The predicted octanol–water partition coefficient (Wildman–Crippen LogP) is -0.421. The fourth-order valence-electron chi connectivity index (χ4n) is 2.36. The van der Waals surface area contributed by atoms with E-state index < -0.39 is 11.8 Å². The van der Waals surface area contributed by atoms with Crippen LogP contribution in [0.25, 0.3) is 5.78 Å². The van der Waals surface area contributed by atoms with Crippen molar-refractivity contribution in [2.75, 3.05) is 11.4 Å². The number of aryl methyl sites for hydroxylation is 2. The van der Waals surface area contributed by atoms with E-state index in [0.29, 0.717) is 5.78 Å². The molecule has 3 heterocycles. The third kappa shape index (κ3) is 1.89. The molecule has 1 aliphatic heterocycles. The van der Waals surface area contributed by atoms with Crippen LogP contribution in [-0.2, 0) is 9.59 Å². The van der Waals surface area contributed by atoms with Gasteiger partial charge in [0.1, 0.15) is 0 Å². The highest BCUT2D eigenvalue weighted by Crippen LogP contribution is 2.22. The normalized spacial score (nSPS) is 19.0. The molecule has 0 radical (unpaired) electrons. The summed E-state index contributed by atoms with van der Waals surface area (Å²) in [6.07, 6.45) is 0.107. The molecule has 8 heteroatoms. The van der Waals surface area contributed by atoms with Crippen LogP contribution in [0, 0.1) is 19.8 Å². The number of nitrogens with two attached hydrogens (primary N) is 1. The highest BCUT2D eigenvalue weighted by atomic mass is 16.2. The zero-order chi connectivity index (χ0) is 14.4. The van der Waals surface area contributed by atoms with Crippen molar-refractivity contribution >= 4 is 23.5 Å². The van der Waals surface area contributed by atoms with E-state index in [2.05, 4.69) is 15.1 Å². The van der Waals surface area contributed by atoms with E-state index in [4.69, 9.17) is 5.73 Å². The van der Waals surface area contributed by atoms with Gasteiger partial charge in [0.05, 0.1) is 5.92 Å². The number of nitrogens with zero attached hydrogens (tertiary/aromatic N) is 5. The van der Waals surface area contributed by atoms with Gasteiger partial charge in [-0.2, -0.15) is 9.50 Å². The Morgan fingerprint density at radius 1 is 1.40 bits per heavy atom. The molecule has 1 atom stereocenters. The number of aromatic nitrogens is 4. The van der Waals surface area contributed by atoms with Crippen LogP contribution in [0.3, 0.4) is 0 Å². The van der Waals surface area contributed by atoms with Gasteiger partial charge >= 0.3 is 0 Å². The van der Waals surface area contributed by atoms with Crippen LogP contribution in [0.4, 0.5) is 5.95 Å². The Morgan fingerprint density at radius 3 is 2.80 bits per heavy atom. The number of carbonyl (C=O) groups excluding carboxylic acids is 2. The van der Waals surface area contributed by atoms with Gasteiger partial charge < -0.3 is 5.73 Å². The summed E-state index contributed by atoms with van der Waals surface area (Å²) in [6.45, 7) is 3.98. The molecule has 1 unspecified atom stereocenters. The predicted molar refractivity (Wildman–Crippen MR) is 69.9 cm³/mol. The molecular formula is C12H14N6O2. The third-order valence-corrected chi connectivity index (χ3v) is 3.38. The van der Waals surface area contributed by atoms with Crippen molar-refractivity contribution in [3.63, 3.8) is 0 Å². The van der Waals surface area contributed by atoms with Gasteiger partial charge in [-0.05, 0) is 19.9 Å². The highest BCUT2D eigenvalue weighted by Gasteiger charge is 2.36. The minimum Gasteiger partial charge on any atom is -0.369 e. The SMILES string of the molecule is Cc1cc(C)n2nc(N3CC(C(N)=O)CC3=O)nc2n1. The molecule has 20 heavy (non-hydrogen) atoms. The highest BCUT2D eigenvalue weighted by molar-refractivity contribution is 5.98. The summed E-state index contributed by atoms with van der Waals surface area (Å²) in [4.78, 5) is 33.0. The Morgan fingerprint density at radius 2 is 2.15 bits per heavy atom. The lowest BCUT2D eigenvalue weighted by Gasteiger charge is -2.10. The van der Waals surface area contributed by atoms with Crippen molar-refractivity contribution in [1.82, 2.24) is 19.6 Å². The minimum absolute atomic E-state index is 0.107. The second kappa shape index (κ2) is 4.26. The molecule has 1 saturated heterocycles. The molecule has 0 aromatic carbocycles. The smallest absolute Gasteiger partial charge is 0.254 e. The Hall–Kier alpha value is -2.51. The van der Waals surface area contributed by atoms with E-state index >= 15 is 0 Å². The summed E-state index contributed by atoms with van der Waals surface area (Å²) < 4.78 is 1.58. The number of carbonyl (C=O) groups is 2. The first-order chi connectivity index (χ1) is 9.45. The lowest BCUT2D eigenvalue weighted by Crippen LogP contribution is -2.29. The van der Waals surface area contributed by atoms with Crippen molar-refractivity contribution in [3.8, 4) is 0 Å². The van der Waals surface area contributed by atoms with Gasteiger partial charge in [0.15, 0.2) is 0 Å². The van der Waals surface area contributed by atoms with E-state index in [1.54, 1.807) is 4.52 Å². The number of fused-ring (bicyclic) bond motifs is 1. The van der Waals surface area contributed by atoms with E-state index in [-0.39, 0.29) is 24.8 Å². The maximum absolute atomic E-state index is 11.9. The van der Waals surface area contributed by atoms with Gasteiger partial charge in [-0.15, -0.1) is 5.10 Å². The molecule has 2 amide bonds. The van der Waals surface area contributed by atoms with Gasteiger partial charge in [0.25, 0.3) is 11.7 Å². The molecule has 0 saturated carbocycles. The zero-order valence-electron chi connectivity index (χ0n) is 11.2. The number of hydrogen-bond acceptors (Lipinski definition) is 5. The van der Waals surface area contributed by atoms with Gasteiger partial charge in [-0.25, -0.2) is 4.98 Å². The topological polar surface area (TPSA) is 106 Å². The quantitative estimate of drug-likeness (QED) is 0.800. The molecule has 1 fully saturated rings. The molecular weight excluding hydrogens is 260 g/mol. The second-order valence-electron chi connectivity index (χ2n) is 4.97. The number of amides is 2. The van der Waals surface area contributed by atoms with Gasteiger partial charge in [-0.1, -0.05) is 0 Å². The van der Waals surface area contributed by atoms with Crippen LogP contribution < -0.4 is 10.6 Å². The van der Waals surface area contributed by atoms with Gasteiger partial charge in [0.2, 0.25) is 11.8 Å². The van der Waals surface area contributed by atoms with Crippen molar-refractivity contribution < 1.29 is 9.59 Å². The summed E-state index contributed by atoms with van der Waals surface area (Å²) in [5.74, 6) is -0.452. The number of rotatable bonds is 2. The lowest BCUT2D eigenvalue weighted by molar-refractivity contribution is -0.123. The van der Waals surface area contributed by atoms with Crippen LogP contribution in [-0.4, -0.2) is 37.9 Å². The average molecular weight is 274 g/mol. The Labute approximate surface area is 114 Å². The first kappa shape index (κ1) is 12.5. The number of anilines is 1. The van der Waals surface area contributed by atoms with E-state index in [1.807, 2.05) is 19.9 Å². The molecule has 1 aliphatic rings. The fraction of sp³-hybridized carbons (Fsp3) is 0.417. The first-order valence-corrected chi connectivity index (χ1v) is 6.26. The van der Waals surface area contributed by atoms with Crippen LogP contribution in [0.15, 0.2) is 6.07 Å². The number of primary amides is 1. The number of hydrogen-bond donors (Lipinski definition) is 1. The first-order valence-electron chi connectivity index (χ1n) is 6.26. The fourth-order valence-corrected chi connectivity index (χ4v) is 2.36. The van der Waals surface area contributed by atoms with Gasteiger partial charge in [-0.3, -0.25) is 14.5 Å². The second-order valence-corrected chi connectivity index (χ2v) is 4.97. The van der Waals surface area contributed by atoms with Crippen molar-refractivity contribution in [2.24, 2.45) is 11.7 Å². The maximum Gasteiger partial charge on any atom is 0.254 e. The van der Waals surface area contributed by atoms with Crippen molar-refractivity contribution in [2.45, 2.75) is 20.3 Å². The Kier molecular flexibility index (Phi) is 2.66. The minimum atomic E-state index is -0.482. The Bertz CT molecular complexity index is 722. The molecule has 0 aliphatic carbocycles. The molecule has 0 bridgehead atoms. The largest absolute Gasteiger partial charge is 0.369 e. The molecule has 2 aromatic heterocycles. The van der Waals surface area contributed by atoms with E-state index in [9.17, 15) is 9.59 Å². The van der Waals surface area contributed by atoms with Crippen LogP contribution in [0.2, 0.25) is 0 Å². The summed E-state index contributed by atoms with van der Waals surface area (Å²) in [6, 6.07) is 1.88. The standard InChI is InChI=1S/C12H14N6O2/c1-6-3-7(2)18-11(14-6)15-12(16-18)17-5-8(10(13)20)4-9(17)19/h3,8H,4-5H2,1-2H3,(H2,13,20). The van der Waals surface area contributed by atoms with Crippen LogP contribution in [0.5, 0.6) is 0 Å². The molecule has 104 valence electrons. The summed E-state index contributed by atoms with van der Waals surface area (Å²) in [7, 11) is 0. The molecule has 0 spiro atoms. The third-order valence-electron chi connectivity index (χ3n) is 3.38. The van der Waals surface area contributed by atoms with Crippen molar-refractivity contribution in [1.29, 1.82) is 0 Å². The van der Waals surface area contributed by atoms with E-state index in [0.717, 1.165) is 11.4 Å². The summed E-state index contributed by atoms with van der Waals surface area (Å²) >= 11 is 0. The van der Waals surface area contributed by atoms with Crippen molar-refractivity contribution in [3.05, 3.63) is 17.5 Å². The zero-order valence-corrected chi connectivity index (χ0v) is 11.2. The molecule has 2 aromatic rings. The summed E-state index contributed by atoms with van der Waals surface area (Å²) in [5.41, 5.74) is 6.95. The summed E-state index contributed by atoms with van der Waals surface area (Å²) in [5, 5.41) is 4.28. The average Bonchev–Trinajstić information content (AvgIpc) is 2.92. The lowest BCUT2D eigenvalue weighted by atomic mass is 10.1. The van der Waals surface area contributed by atoms with Gasteiger partial charge in [0, 0.05) is 24.4 Å². The molecule has 8 nitrogen and oxygen atoms in total. The van der Waals surface area contributed by atoms with E-state index in [1.165, 1.54) is 4.90 Å². The monoisotopic (exact) mass is 274 g/mol. The van der Waals surface area contributed by atoms with Crippen LogP contribution >= 0.6 is 0 Å². The maximum atomic E-state index is 11.9. The molecule has 2 N–H and O–H groups in total. The Balaban J connectivity index is 2.01.